The lowest BCUT2D eigenvalue weighted by molar-refractivity contribution is -0.167. The van der Waals surface area contributed by atoms with Crippen molar-refractivity contribution in [3.63, 3.8) is 0 Å². The second-order valence-electron chi connectivity index (χ2n) is 23.4. The van der Waals surface area contributed by atoms with E-state index in [4.69, 9.17) is 14.2 Å². The third-order valence-electron chi connectivity index (χ3n) is 15.5. The van der Waals surface area contributed by atoms with E-state index in [1.54, 1.807) is 0 Å². The minimum atomic E-state index is -0.785. The predicted molar refractivity (Wildman–Crippen MR) is 344 cm³/mol. The van der Waals surface area contributed by atoms with Crippen LogP contribution in [0.15, 0.2) is 60.8 Å². The topological polar surface area (TPSA) is 78.9 Å². The van der Waals surface area contributed by atoms with Gasteiger partial charge in [0.1, 0.15) is 13.2 Å². The fraction of sp³-hybridized carbons (Fsp3) is 0.822. The smallest absolute Gasteiger partial charge is 0.306 e. The number of rotatable bonds is 64. The Bertz CT molecular complexity index is 1410. The maximum atomic E-state index is 12.9. The average molecular weight is 1110 g/mol. The molecule has 0 aliphatic heterocycles. The summed E-state index contributed by atoms with van der Waals surface area (Å²) in [5.74, 6) is -0.876. The van der Waals surface area contributed by atoms with Crippen molar-refractivity contribution >= 4 is 17.9 Å². The Kier molecular flexibility index (Phi) is 65.1. The Morgan fingerprint density at radius 1 is 0.253 bits per heavy atom. The van der Waals surface area contributed by atoms with Gasteiger partial charge in [0.05, 0.1) is 0 Å². The van der Waals surface area contributed by atoms with E-state index in [0.29, 0.717) is 19.3 Å². The lowest BCUT2D eigenvalue weighted by Gasteiger charge is -2.18. The number of hydrogen-bond acceptors (Lipinski definition) is 6. The summed E-state index contributed by atoms with van der Waals surface area (Å²) in [6, 6.07) is 0. The zero-order valence-corrected chi connectivity index (χ0v) is 52.9. The fourth-order valence-electron chi connectivity index (χ4n) is 10.2. The molecule has 0 N–H and O–H groups in total. The van der Waals surface area contributed by atoms with Crippen molar-refractivity contribution in [3.8, 4) is 0 Å². The zero-order chi connectivity index (χ0) is 57.1. The summed E-state index contributed by atoms with van der Waals surface area (Å²) in [4.78, 5) is 38.4. The van der Waals surface area contributed by atoms with Crippen LogP contribution in [0.1, 0.15) is 367 Å². The number of esters is 3. The van der Waals surface area contributed by atoms with Gasteiger partial charge in [-0.2, -0.15) is 0 Å². The highest BCUT2D eigenvalue weighted by Gasteiger charge is 2.19. The molecule has 0 bridgehead atoms. The van der Waals surface area contributed by atoms with Gasteiger partial charge in [0.15, 0.2) is 6.10 Å². The molecule has 0 amide bonds. The highest BCUT2D eigenvalue weighted by atomic mass is 16.6. The quantitative estimate of drug-likeness (QED) is 0.0261. The van der Waals surface area contributed by atoms with Crippen molar-refractivity contribution in [2.75, 3.05) is 13.2 Å². The number of unbranched alkanes of at least 4 members (excludes halogenated alkanes) is 43. The van der Waals surface area contributed by atoms with E-state index in [0.717, 1.165) is 83.5 Å². The standard InChI is InChI=1S/C73H132O6/c1-4-7-10-13-16-19-22-25-28-31-33-35-36-38-39-42-45-48-51-54-57-60-63-66-72(75)78-69-70(68-77-71(74)65-62-59-56-53-50-47-44-41-30-27-24-21-18-15-12-9-6-3)79-73(76)67-64-61-58-55-52-49-46-43-40-37-34-32-29-26-23-20-17-14-11-8-5-2/h23,26-27,30-34,40,43,70H,4-22,24-25,28-29,35-39,41-42,44-69H2,1-3H3/b26-23-,30-27-,33-31-,34-32-,43-40-. The first-order valence-corrected chi connectivity index (χ1v) is 34.8. The van der Waals surface area contributed by atoms with Gasteiger partial charge in [-0.3, -0.25) is 14.4 Å². The molecule has 460 valence electrons. The van der Waals surface area contributed by atoms with Gasteiger partial charge in [0.25, 0.3) is 0 Å². The molecule has 6 heteroatoms. The zero-order valence-electron chi connectivity index (χ0n) is 52.9. The lowest BCUT2D eigenvalue weighted by atomic mass is 10.0. The van der Waals surface area contributed by atoms with Crippen molar-refractivity contribution in [1.29, 1.82) is 0 Å². The van der Waals surface area contributed by atoms with E-state index in [1.165, 1.54) is 244 Å². The molecule has 0 saturated carbocycles. The summed E-state index contributed by atoms with van der Waals surface area (Å²) in [5, 5.41) is 0. The molecular formula is C73H132O6. The van der Waals surface area contributed by atoms with E-state index >= 15 is 0 Å². The Hall–Kier alpha value is -2.89. The highest BCUT2D eigenvalue weighted by Crippen LogP contribution is 2.17. The molecule has 0 aromatic heterocycles. The summed E-state index contributed by atoms with van der Waals surface area (Å²) in [7, 11) is 0. The first-order valence-electron chi connectivity index (χ1n) is 34.8. The van der Waals surface area contributed by atoms with E-state index in [9.17, 15) is 14.4 Å². The van der Waals surface area contributed by atoms with Crippen LogP contribution in [0.4, 0.5) is 0 Å². The Morgan fingerprint density at radius 3 is 0.722 bits per heavy atom. The third kappa shape index (κ3) is 65.8. The molecule has 0 aliphatic carbocycles. The van der Waals surface area contributed by atoms with Crippen molar-refractivity contribution in [2.24, 2.45) is 0 Å². The maximum Gasteiger partial charge on any atom is 0.306 e. The largest absolute Gasteiger partial charge is 0.462 e. The van der Waals surface area contributed by atoms with Gasteiger partial charge in [-0.1, -0.05) is 300 Å². The maximum absolute atomic E-state index is 12.9. The first-order chi connectivity index (χ1) is 39.0. The number of carbonyl (C=O) groups is 3. The Morgan fingerprint density at radius 2 is 0.456 bits per heavy atom. The minimum Gasteiger partial charge on any atom is -0.462 e. The molecule has 0 radical (unpaired) electrons. The molecule has 1 atom stereocenters. The SMILES string of the molecule is CCCCCCC/C=C\C/C=C\C/C=C\CCCCCCCCC(=O)OC(COC(=O)CCCCCCCCC/C=C\CCCCCCCC)COC(=O)CCCCCCCCCCCCC/C=C\CCCCCCCCCC. The van der Waals surface area contributed by atoms with Gasteiger partial charge in [0, 0.05) is 19.3 Å². The lowest BCUT2D eigenvalue weighted by Crippen LogP contribution is -2.30. The van der Waals surface area contributed by atoms with Crippen LogP contribution in [0, 0.1) is 0 Å². The molecular weight excluding hydrogens is 973 g/mol. The molecule has 0 rings (SSSR count). The normalized spacial score (nSPS) is 12.4. The molecule has 0 aromatic rings. The molecule has 6 nitrogen and oxygen atoms in total. The summed E-state index contributed by atoms with van der Waals surface area (Å²) in [6.45, 7) is 6.67. The molecule has 0 fully saturated rings. The number of carbonyl (C=O) groups excluding carboxylic acids is 3. The van der Waals surface area contributed by atoms with Gasteiger partial charge in [-0.25, -0.2) is 0 Å². The van der Waals surface area contributed by atoms with Crippen molar-refractivity contribution in [3.05, 3.63) is 60.8 Å². The Balaban J connectivity index is 4.36. The summed E-state index contributed by atoms with van der Waals surface area (Å²) in [5.41, 5.74) is 0. The molecule has 0 spiro atoms. The van der Waals surface area contributed by atoms with Crippen molar-refractivity contribution < 1.29 is 28.6 Å². The van der Waals surface area contributed by atoms with E-state index < -0.39 is 6.10 Å². The second kappa shape index (κ2) is 67.6. The third-order valence-corrected chi connectivity index (χ3v) is 15.5. The summed E-state index contributed by atoms with van der Waals surface area (Å²) >= 11 is 0. The van der Waals surface area contributed by atoms with Crippen LogP contribution >= 0.6 is 0 Å². The van der Waals surface area contributed by atoms with E-state index in [1.807, 2.05) is 0 Å². The monoisotopic (exact) mass is 1110 g/mol. The number of hydrogen-bond donors (Lipinski definition) is 0. The van der Waals surface area contributed by atoms with E-state index in [2.05, 4.69) is 81.5 Å². The van der Waals surface area contributed by atoms with Gasteiger partial charge in [0.2, 0.25) is 0 Å². The Labute approximate surface area is 491 Å². The fourth-order valence-corrected chi connectivity index (χ4v) is 10.2. The minimum absolute atomic E-state index is 0.0792. The van der Waals surface area contributed by atoms with Gasteiger partial charge in [-0.15, -0.1) is 0 Å². The molecule has 0 heterocycles. The molecule has 0 aromatic carbocycles. The summed E-state index contributed by atoms with van der Waals surface area (Å²) < 4.78 is 17.0. The molecule has 1 unspecified atom stereocenters. The predicted octanol–water partition coefficient (Wildman–Crippen LogP) is 23.9. The van der Waals surface area contributed by atoms with Crippen LogP contribution in [-0.2, 0) is 28.6 Å². The van der Waals surface area contributed by atoms with Crippen LogP contribution < -0.4 is 0 Å². The number of ether oxygens (including phenoxy) is 3. The average Bonchev–Trinajstić information content (AvgIpc) is 3.45. The van der Waals surface area contributed by atoms with Gasteiger partial charge < -0.3 is 14.2 Å². The van der Waals surface area contributed by atoms with Gasteiger partial charge >= 0.3 is 17.9 Å². The van der Waals surface area contributed by atoms with Crippen molar-refractivity contribution in [2.45, 2.75) is 374 Å². The summed E-state index contributed by atoms with van der Waals surface area (Å²) in [6.07, 6.45) is 86.6. The first kappa shape index (κ1) is 76.1. The van der Waals surface area contributed by atoms with Crippen LogP contribution in [0.25, 0.3) is 0 Å². The number of allylic oxidation sites excluding steroid dienone is 10. The van der Waals surface area contributed by atoms with Crippen LogP contribution in [0.2, 0.25) is 0 Å². The van der Waals surface area contributed by atoms with Crippen molar-refractivity contribution in [1.82, 2.24) is 0 Å². The molecule has 79 heavy (non-hydrogen) atoms. The second-order valence-corrected chi connectivity index (χ2v) is 23.4. The van der Waals surface area contributed by atoms with E-state index in [-0.39, 0.29) is 31.1 Å². The molecule has 0 aliphatic rings. The van der Waals surface area contributed by atoms with Crippen LogP contribution in [-0.4, -0.2) is 37.2 Å². The van der Waals surface area contributed by atoms with Crippen LogP contribution in [0.3, 0.4) is 0 Å². The highest BCUT2D eigenvalue weighted by molar-refractivity contribution is 5.71. The van der Waals surface area contributed by atoms with Gasteiger partial charge in [-0.05, 0) is 109 Å². The van der Waals surface area contributed by atoms with Crippen LogP contribution in [0.5, 0.6) is 0 Å². The molecule has 0 saturated heterocycles.